The first-order valence-electron chi connectivity index (χ1n) is 13.8. The van der Waals surface area contributed by atoms with E-state index in [1.54, 1.807) is 36.2 Å². The van der Waals surface area contributed by atoms with Gasteiger partial charge in [0.1, 0.15) is 18.4 Å². The summed E-state index contributed by atoms with van der Waals surface area (Å²) < 4.78 is 10.1. The monoisotopic (exact) mass is 563 g/mol. The Labute approximate surface area is 236 Å². The largest absolute Gasteiger partial charge is 0.467 e. The zero-order valence-corrected chi connectivity index (χ0v) is 24.1. The Morgan fingerprint density at radius 2 is 1.90 bits per heavy atom. The van der Waals surface area contributed by atoms with Crippen molar-refractivity contribution in [3.8, 4) is 0 Å². The summed E-state index contributed by atoms with van der Waals surface area (Å²) in [4.78, 5) is 56.5. The highest BCUT2D eigenvalue weighted by Crippen LogP contribution is 2.27. The number of benzene rings is 1. The van der Waals surface area contributed by atoms with E-state index >= 15 is 0 Å². The van der Waals surface area contributed by atoms with Crippen LogP contribution in [-0.4, -0.2) is 61.2 Å². The quantitative estimate of drug-likeness (QED) is 0.182. The maximum atomic E-state index is 13.3. The minimum atomic E-state index is -1.05. The standard InChI is InChI=1S/C29H42ClN3O6/c1-4-5-9-17-33(2)26(34)16-15-24(28(36)38-3)31-27(35)25(19-21-11-7-6-8-12-21)32-29(37)39-20-22-13-10-14-23(30)18-22/h10,13-14,18,21,24H,4-9,11-12,15-17,19-20H2,1-3H3,(H,31,35)/b32-25+/t24-/m0/s1. The number of unbranched alkanes of at least 4 members (excludes halogenated alkanes) is 2. The Balaban J connectivity index is 2.08. The van der Waals surface area contributed by atoms with Crippen LogP contribution in [0.5, 0.6) is 0 Å². The van der Waals surface area contributed by atoms with Crippen LogP contribution in [0.3, 0.4) is 0 Å². The number of carbonyl (C=O) groups excluding carboxylic acids is 4. The molecule has 0 saturated heterocycles. The third-order valence-corrected chi connectivity index (χ3v) is 7.14. The Hall–Kier alpha value is -2.94. The van der Waals surface area contributed by atoms with Crippen LogP contribution in [0.15, 0.2) is 29.3 Å². The van der Waals surface area contributed by atoms with E-state index in [9.17, 15) is 19.2 Å². The number of methoxy groups -OCH3 is 1. The highest BCUT2D eigenvalue weighted by molar-refractivity contribution is 6.40. The summed E-state index contributed by atoms with van der Waals surface area (Å²) in [6.45, 7) is 2.69. The molecule has 1 saturated carbocycles. The number of hydrogen-bond donors (Lipinski definition) is 1. The molecule has 0 heterocycles. The Morgan fingerprint density at radius 1 is 1.15 bits per heavy atom. The minimum Gasteiger partial charge on any atom is -0.467 e. The number of aliphatic imine (C=N–C) groups is 1. The zero-order valence-electron chi connectivity index (χ0n) is 23.4. The molecule has 1 aromatic carbocycles. The second kappa shape index (κ2) is 17.6. The molecule has 1 N–H and O–H groups in total. The van der Waals surface area contributed by atoms with Crippen molar-refractivity contribution >= 4 is 41.2 Å². The van der Waals surface area contributed by atoms with Crippen LogP contribution in [0.4, 0.5) is 4.79 Å². The maximum absolute atomic E-state index is 13.3. The molecule has 3 amide bonds. The Bertz CT molecular complexity index is 993. The van der Waals surface area contributed by atoms with Crippen molar-refractivity contribution in [2.45, 2.75) is 90.2 Å². The third kappa shape index (κ3) is 12.2. The predicted octanol–water partition coefficient (Wildman–Crippen LogP) is 5.47. The molecule has 1 fully saturated rings. The molecule has 2 rings (SSSR count). The van der Waals surface area contributed by atoms with Gasteiger partial charge in [0.05, 0.1) is 7.11 Å². The van der Waals surface area contributed by atoms with Crippen molar-refractivity contribution in [1.82, 2.24) is 10.2 Å². The van der Waals surface area contributed by atoms with Crippen molar-refractivity contribution in [3.63, 3.8) is 0 Å². The number of hydrogen-bond acceptors (Lipinski definition) is 6. The number of esters is 1. The summed E-state index contributed by atoms with van der Waals surface area (Å²) in [7, 11) is 2.96. The van der Waals surface area contributed by atoms with E-state index in [2.05, 4.69) is 17.2 Å². The van der Waals surface area contributed by atoms with Gasteiger partial charge in [-0.2, -0.15) is 4.99 Å². The number of rotatable bonds is 14. The number of carbonyl (C=O) groups is 4. The van der Waals surface area contributed by atoms with Gasteiger partial charge in [0, 0.05) is 25.0 Å². The van der Waals surface area contributed by atoms with E-state index in [4.69, 9.17) is 21.1 Å². The van der Waals surface area contributed by atoms with Gasteiger partial charge in [-0.05, 0) is 42.9 Å². The summed E-state index contributed by atoms with van der Waals surface area (Å²) in [5, 5.41) is 3.17. The van der Waals surface area contributed by atoms with Crippen LogP contribution in [0.25, 0.3) is 0 Å². The Kier molecular flexibility index (Phi) is 14.6. The Morgan fingerprint density at radius 3 is 2.56 bits per heavy atom. The van der Waals surface area contributed by atoms with E-state index in [-0.39, 0.29) is 37.0 Å². The fourth-order valence-electron chi connectivity index (χ4n) is 4.58. The molecule has 0 bridgehead atoms. The molecule has 1 aliphatic rings. The molecular weight excluding hydrogens is 522 g/mol. The maximum Gasteiger partial charge on any atom is 0.434 e. The van der Waals surface area contributed by atoms with E-state index < -0.39 is 24.0 Å². The lowest BCUT2D eigenvalue weighted by Crippen LogP contribution is -2.45. The van der Waals surface area contributed by atoms with Gasteiger partial charge in [-0.1, -0.05) is 75.6 Å². The van der Waals surface area contributed by atoms with Crippen LogP contribution >= 0.6 is 11.6 Å². The minimum absolute atomic E-state index is 0.00917. The van der Waals surface area contributed by atoms with Gasteiger partial charge in [0.2, 0.25) is 5.91 Å². The van der Waals surface area contributed by atoms with Gasteiger partial charge >= 0.3 is 12.1 Å². The lowest BCUT2D eigenvalue weighted by molar-refractivity contribution is -0.145. The van der Waals surface area contributed by atoms with E-state index in [0.29, 0.717) is 23.6 Å². The van der Waals surface area contributed by atoms with Crippen LogP contribution in [0, 0.1) is 5.92 Å². The van der Waals surface area contributed by atoms with Crippen LogP contribution in [0.2, 0.25) is 5.02 Å². The van der Waals surface area contributed by atoms with Crippen LogP contribution in [0.1, 0.15) is 83.1 Å². The lowest BCUT2D eigenvalue weighted by Gasteiger charge is -2.23. The molecule has 0 radical (unpaired) electrons. The second-order valence-electron chi connectivity index (χ2n) is 10.1. The third-order valence-electron chi connectivity index (χ3n) is 6.91. The summed E-state index contributed by atoms with van der Waals surface area (Å²) in [5.41, 5.74) is 0.703. The lowest BCUT2D eigenvalue weighted by atomic mass is 9.85. The number of ether oxygens (including phenoxy) is 2. The smallest absolute Gasteiger partial charge is 0.434 e. The molecule has 1 aliphatic carbocycles. The number of amides is 3. The van der Waals surface area contributed by atoms with Gasteiger partial charge in [-0.15, -0.1) is 0 Å². The number of halogens is 1. The van der Waals surface area contributed by atoms with Gasteiger partial charge in [0.25, 0.3) is 5.91 Å². The predicted molar refractivity (Wildman–Crippen MR) is 151 cm³/mol. The topological polar surface area (TPSA) is 114 Å². The summed E-state index contributed by atoms with van der Waals surface area (Å²) in [6.07, 6.45) is 7.65. The molecule has 9 nitrogen and oxygen atoms in total. The van der Waals surface area contributed by atoms with Crippen molar-refractivity contribution in [3.05, 3.63) is 34.9 Å². The molecule has 1 atom stereocenters. The molecule has 10 heteroatoms. The average Bonchev–Trinajstić information content (AvgIpc) is 2.93. The first-order valence-corrected chi connectivity index (χ1v) is 14.2. The summed E-state index contributed by atoms with van der Waals surface area (Å²) in [5.74, 6) is -1.21. The molecule has 0 unspecified atom stereocenters. The normalized spacial score (nSPS) is 14.8. The van der Waals surface area contributed by atoms with Crippen molar-refractivity contribution in [1.29, 1.82) is 0 Å². The van der Waals surface area contributed by atoms with Gasteiger partial charge in [0.15, 0.2) is 0 Å². The van der Waals surface area contributed by atoms with Crippen LogP contribution < -0.4 is 5.32 Å². The van der Waals surface area contributed by atoms with Crippen molar-refractivity contribution in [2.24, 2.45) is 10.9 Å². The fourth-order valence-corrected chi connectivity index (χ4v) is 4.80. The molecule has 0 aromatic heterocycles. The van der Waals surface area contributed by atoms with Crippen molar-refractivity contribution in [2.75, 3.05) is 20.7 Å². The zero-order chi connectivity index (χ0) is 28.6. The SMILES string of the molecule is CCCCCN(C)C(=O)CC[C@H](NC(=O)/C(CC1CCCCC1)=N/C(=O)OCc1cccc(Cl)c1)C(=O)OC. The van der Waals surface area contributed by atoms with Gasteiger partial charge < -0.3 is 19.7 Å². The van der Waals surface area contributed by atoms with Gasteiger partial charge in [-0.25, -0.2) is 9.59 Å². The molecule has 216 valence electrons. The summed E-state index contributed by atoms with van der Waals surface area (Å²) in [6, 6.07) is 5.86. The van der Waals surface area contributed by atoms with Crippen LogP contribution in [-0.2, 0) is 30.5 Å². The molecule has 0 aliphatic heterocycles. The van der Waals surface area contributed by atoms with E-state index in [1.807, 2.05) is 0 Å². The fraction of sp³-hybridized carbons (Fsp3) is 0.621. The van der Waals surface area contributed by atoms with E-state index in [0.717, 1.165) is 51.4 Å². The first-order chi connectivity index (χ1) is 18.7. The molecule has 0 spiro atoms. The highest BCUT2D eigenvalue weighted by atomic mass is 35.5. The van der Waals surface area contributed by atoms with Gasteiger partial charge in [-0.3, -0.25) is 9.59 Å². The number of nitrogens with one attached hydrogen (secondary N) is 1. The molecule has 1 aromatic rings. The molecule has 39 heavy (non-hydrogen) atoms. The second-order valence-corrected chi connectivity index (χ2v) is 10.5. The average molecular weight is 564 g/mol. The summed E-state index contributed by atoms with van der Waals surface area (Å²) >= 11 is 5.99. The number of nitrogens with zero attached hydrogens (tertiary/aromatic N) is 2. The van der Waals surface area contributed by atoms with E-state index in [1.165, 1.54) is 7.11 Å². The molecular formula is C29H42ClN3O6. The van der Waals surface area contributed by atoms with Crippen molar-refractivity contribution < 1.29 is 28.7 Å². The highest BCUT2D eigenvalue weighted by Gasteiger charge is 2.28. The first kappa shape index (κ1) is 32.3.